The summed E-state index contributed by atoms with van der Waals surface area (Å²) in [5.74, 6) is -0.0609. The Kier molecular flexibility index (Phi) is 9.70. The first-order valence-electron chi connectivity index (χ1n) is 11.8. The lowest BCUT2D eigenvalue weighted by Gasteiger charge is -2.29. The average Bonchev–Trinajstić information content (AvgIpc) is 3.03. The molecule has 0 bridgehead atoms. The topological polar surface area (TPSA) is 100 Å². The van der Waals surface area contributed by atoms with Crippen molar-refractivity contribution >= 4 is 12.0 Å². The van der Waals surface area contributed by atoms with Crippen LogP contribution in [-0.2, 0) is 20.7 Å². The van der Waals surface area contributed by atoms with Crippen LogP contribution >= 0.6 is 0 Å². The molecule has 1 fully saturated rings. The van der Waals surface area contributed by atoms with Crippen molar-refractivity contribution in [1.29, 1.82) is 0 Å². The molecule has 0 aromatic heterocycles. The van der Waals surface area contributed by atoms with Crippen molar-refractivity contribution in [3.8, 4) is 0 Å². The zero-order valence-electron chi connectivity index (χ0n) is 21.0. The third-order valence-corrected chi connectivity index (χ3v) is 5.40. The summed E-state index contributed by atoms with van der Waals surface area (Å²) < 4.78 is 11.1. The predicted octanol–water partition coefficient (Wildman–Crippen LogP) is 2.69. The van der Waals surface area contributed by atoms with E-state index >= 15 is 0 Å². The van der Waals surface area contributed by atoms with Gasteiger partial charge in [0.2, 0.25) is 5.91 Å². The van der Waals surface area contributed by atoms with Crippen LogP contribution < -0.4 is 10.6 Å². The number of alkyl carbamates (subject to hydrolysis) is 1. The molecule has 2 amide bonds. The maximum absolute atomic E-state index is 13.3. The van der Waals surface area contributed by atoms with Gasteiger partial charge in [0.25, 0.3) is 0 Å². The summed E-state index contributed by atoms with van der Waals surface area (Å²) in [4.78, 5) is 27.6. The van der Waals surface area contributed by atoms with E-state index in [0.717, 1.165) is 5.56 Å². The van der Waals surface area contributed by atoms with Crippen molar-refractivity contribution in [3.05, 3.63) is 35.9 Å². The first-order valence-corrected chi connectivity index (χ1v) is 11.8. The van der Waals surface area contributed by atoms with E-state index in [4.69, 9.17) is 9.47 Å². The monoisotopic (exact) mass is 463 g/mol. The maximum atomic E-state index is 13.3. The molecule has 0 spiro atoms. The standard InChI is InChI=1S/C25H41N3O5/c1-16(2)22-27-20(23(30)28(22)13-14-32-17(3)4)21(29)19(15-18-11-9-8-10-12-18)26-24(31)33-25(5,6)7/h8-12,16-17,19-22,27,29H,13-15H2,1-7H3,(H,26,31)/t19-,20-,21-,22?/m0/s1. The molecule has 4 atom stereocenters. The highest BCUT2D eigenvalue weighted by molar-refractivity contribution is 5.85. The van der Waals surface area contributed by atoms with Crippen molar-refractivity contribution in [2.45, 2.75) is 90.9 Å². The molecule has 0 saturated carbocycles. The average molecular weight is 464 g/mol. The van der Waals surface area contributed by atoms with Crippen LogP contribution in [0.15, 0.2) is 30.3 Å². The zero-order chi connectivity index (χ0) is 24.8. The summed E-state index contributed by atoms with van der Waals surface area (Å²) in [5.41, 5.74) is 0.259. The van der Waals surface area contributed by atoms with E-state index in [-0.39, 0.29) is 24.1 Å². The van der Waals surface area contributed by atoms with Crippen LogP contribution in [0.3, 0.4) is 0 Å². The van der Waals surface area contributed by atoms with Gasteiger partial charge in [-0.2, -0.15) is 0 Å². The van der Waals surface area contributed by atoms with Crippen LogP contribution in [-0.4, -0.2) is 71.2 Å². The minimum Gasteiger partial charge on any atom is -0.444 e. The van der Waals surface area contributed by atoms with Gasteiger partial charge in [-0.25, -0.2) is 4.79 Å². The highest BCUT2D eigenvalue weighted by Gasteiger charge is 2.46. The summed E-state index contributed by atoms with van der Waals surface area (Å²) in [6.45, 7) is 14.1. The number of hydrogen-bond acceptors (Lipinski definition) is 6. The molecule has 2 rings (SSSR count). The molecule has 0 radical (unpaired) electrons. The van der Waals surface area contributed by atoms with Crippen molar-refractivity contribution in [3.63, 3.8) is 0 Å². The van der Waals surface area contributed by atoms with Crippen LogP contribution in [0.1, 0.15) is 54.0 Å². The largest absolute Gasteiger partial charge is 0.444 e. The van der Waals surface area contributed by atoms with E-state index in [0.29, 0.717) is 19.6 Å². The molecule has 0 aliphatic carbocycles. The van der Waals surface area contributed by atoms with E-state index in [9.17, 15) is 14.7 Å². The van der Waals surface area contributed by atoms with Crippen molar-refractivity contribution in [2.24, 2.45) is 5.92 Å². The van der Waals surface area contributed by atoms with Gasteiger partial charge in [-0.15, -0.1) is 0 Å². The van der Waals surface area contributed by atoms with Crippen LogP contribution in [0.25, 0.3) is 0 Å². The maximum Gasteiger partial charge on any atom is 0.407 e. The predicted molar refractivity (Wildman–Crippen MR) is 128 cm³/mol. The second-order valence-electron chi connectivity index (χ2n) is 10.2. The Morgan fingerprint density at radius 1 is 1.18 bits per heavy atom. The Hall–Kier alpha value is -2.16. The van der Waals surface area contributed by atoms with E-state index in [1.165, 1.54) is 0 Å². The van der Waals surface area contributed by atoms with Gasteiger partial charge in [-0.05, 0) is 52.5 Å². The van der Waals surface area contributed by atoms with Crippen LogP contribution in [0, 0.1) is 5.92 Å². The molecule has 186 valence electrons. The number of carbonyl (C=O) groups is 2. The number of benzene rings is 1. The molecule has 1 aliphatic heterocycles. The molecule has 1 aromatic carbocycles. The Bertz CT molecular complexity index is 763. The molecule has 1 aliphatic rings. The SMILES string of the molecule is CC(C)OCCN1C(=O)[C@H]([C@@H](O)[C@H](Cc2ccccc2)NC(=O)OC(C)(C)C)NC1C(C)C. The minimum atomic E-state index is -1.15. The number of amides is 2. The van der Waals surface area contributed by atoms with Gasteiger partial charge in [0.05, 0.1) is 31.0 Å². The van der Waals surface area contributed by atoms with Gasteiger partial charge >= 0.3 is 6.09 Å². The molecule has 8 heteroatoms. The molecule has 8 nitrogen and oxygen atoms in total. The second-order valence-corrected chi connectivity index (χ2v) is 10.2. The van der Waals surface area contributed by atoms with Gasteiger partial charge in [0.15, 0.2) is 0 Å². The molecule has 1 aromatic rings. The first kappa shape index (κ1) is 27.1. The van der Waals surface area contributed by atoms with Crippen molar-refractivity contribution < 1.29 is 24.2 Å². The van der Waals surface area contributed by atoms with Gasteiger partial charge in [0.1, 0.15) is 11.6 Å². The molecule has 33 heavy (non-hydrogen) atoms. The Labute approximate surface area is 198 Å². The Morgan fingerprint density at radius 2 is 1.82 bits per heavy atom. The first-order chi connectivity index (χ1) is 15.4. The third-order valence-electron chi connectivity index (χ3n) is 5.40. The van der Waals surface area contributed by atoms with Crippen molar-refractivity contribution in [2.75, 3.05) is 13.2 Å². The normalized spacial score (nSPS) is 20.9. The van der Waals surface area contributed by atoms with E-state index in [1.807, 2.05) is 58.0 Å². The highest BCUT2D eigenvalue weighted by atomic mass is 16.6. The number of nitrogens with one attached hydrogen (secondary N) is 2. The van der Waals surface area contributed by atoms with E-state index in [2.05, 4.69) is 10.6 Å². The van der Waals surface area contributed by atoms with Gasteiger partial charge < -0.3 is 24.8 Å². The lowest BCUT2D eigenvalue weighted by atomic mass is 9.96. The molecule has 3 N–H and O–H groups in total. The fourth-order valence-electron chi connectivity index (χ4n) is 3.91. The second kappa shape index (κ2) is 11.8. The minimum absolute atomic E-state index is 0.0721. The Morgan fingerprint density at radius 3 is 2.36 bits per heavy atom. The number of aliphatic hydroxyl groups excluding tert-OH is 1. The lowest BCUT2D eigenvalue weighted by Crippen LogP contribution is -2.55. The van der Waals surface area contributed by atoms with Gasteiger partial charge in [-0.1, -0.05) is 44.2 Å². The third kappa shape index (κ3) is 8.28. The molecule has 1 unspecified atom stereocenters. The number of rotatable bonds is 10. The molecule has 1 heterocycles. The highest BCUT2D eigenvalue weighted by Crippen LogP contribution is 2.22. The quantitative estimate of drug-likeness (QED) is 0.493. The number of ether oxygens (including phenoxy) is 2. The van der Waals surface area contributed by atoms with Crippen molar-refractivity contribution in [1.82, 2.24) is 15.5 Å². The Balaban J connectivity index is 2.20. The van der Waals surface area contributed by atoms with E-state index in [1.54, 1.807) is 25.7 Å². The van der Waals surface area contributed by atoms with Crippen LogP contribution in [0.5, 0.6) is 0 Å². The van der Waals surface area contributed by atoms with Crippen LogP contribution in [0.4, 0.5) is 4.79 Å². The smallest absolute Gasteiger partial charge is 0.407 e. The fourth-order valence-corrected chi connectivity index (χ4v) is 3.91. The van der Waals surface area contributed by atoms with Gasteiger partial charge in [-0.3, -0.25) is 10.1 Å². The fraction of sp³-hybridized carbons (Fsp3) is 0.680. The number of carbonyl (C=O) groups excluding carboxylic acids is 2. The summed E-state index contributed by atoms with van der Waals surface area (Å²) in [7, 11) is 0. The molecular weight excluding hydrogens is 422 g/mol. The number of hydrogen-bond donors (Lipinski definition) is 3. The lowest BCUT2D eigenvalue weighted by molar-refractivity contribution is -0.133. The summed E-state index contributed by atoms with van der Waals surface area (Å²) in [6.07, 6.45) is -1.58. The summed E-state index contributed by atoms with van der Waals surface area (Å²) in [6, 6.07) is 7.98. The molecule has 1 saturated heterocycles. The number of nitrogens with zero attached hydrogens (tertiary/aromatic N) is 1. The molecular formula is C25H41N3O5. The van der Waals surface area contributed by atoms with E-state index < -0.39 is 29.9 Å². The summed E-state index contributed by atoms with van der Waals surface area (Å²) >= 11 is 0. The van der Waals surface area contributed by atoms with Crippen LogP contribution in [0.2, 0.25) is 0 Å². The number of aliphatic hydroxyl groups is 1. The van der Waals surface area contributed by atoms with Gasteiger partial charge in [0, 0.05) is 6.54 Å². The summed E-state index contributed by atoms with van der Waals surface area (Å²) in [5, 5.41) is 17.4. The zero-order valence-corrected chi connectivity index (χ0v) is 21.0.